The van der Waals surface area contributed by atoms with Crippen molar-refractivity contribution in [2.45, 2.75) is 25.7 Å². The summed E-state index contributed by atoms with van der Waals surface area (Å²) in [4.78, 5) is 31.0. The highest BCUT2D eigenvalue weighted by atomic mass is 32.2. The Balaban J connectivity index is 1.81. The van der Waals surface area contributed by atoms with Gasteiger partial charge in [-0.15, -0.1) is 11.8 Å². The number of hydrogen-bond donors (Lipinski definition) is 0. The molecule has 0 atom stereocenters. The number of carbonyl (C=O) groups excluding carboxylic acids is 2. The molecule has 1 aromatic rings. The van der Waals surface area contributed by atoms with Crippen LogP contribution in [0.3, 0.4) is 0 Å². The van der Waals surface area contributed by atoms with E-state index in [0.29, 0.717) is 9.23 Å². The molecule has 0 radical (unpaired) electrons. The number of nitrogens with zero attached hydrogens (tertiary/aromatic N) is 2. The van der Waals surface area contributed by atoms with Gasteiger partial charge in [-0.1, -0.05) is 60.9 Å². The number of thioether (sulfide) groups is 3. The van der Waals surface area contributed by atoms with Crippen molar-refractivity contribution in [1.29, 1.82) is 0 Å². The lowest BCUT2D eigenvalue weighted by atomic mass is 10.3. The minimum atomic E-state index is -0.456. The number of thiocarbonyl (C=S) groups is 1. The largest absolute Gasteiger partial charge is 0.465 e. The summed E-state index contributed by atoms with van der Waals surface area (Å²) in [5.41, 5.74) is 1.22. The van der Waals surface area contributed by atoms with Crippen LogP contribution in [-0.4, -0.2) is 46.5 Å². The third-order valence-electron chi connectivity index (χ3n) is 4.40. The molecular formula is C22H24N2O3S4. The number of benzene rings is 1. The zero-order valence-corrected chi connectivity index (χ0v) is 20.9. The van der Waals surface area contributed by atoms with Crippen molar-refractivity contribution >= 4 is 69.4 Å². The molecular weight excluding hydrogens is 469 g/mol. The van der Waals surface area contributed by atoms with Gasteiger partial charge in [0.1, 0.15) is 10.9 Å². The van der Waals surface area contributed by atoms with E-state index in [4.69, 9.17) is 17.0 Å². The van der Waals surface area contributed by atoms with Crippen molar-refractivity contribution in [2.75, 3.05) is 30.3 Å². The average Bonchev–Trinajstić information content (AvgIpc) is 3.25. The van der Waals surface area contributed by atoms with Gasteiger partial charge in [0.15, 0.2) is 0 Å². The summed E-state index contributed by atoms with van der Waals surface area (Å²) < 4.78 is 5.34. The van der Waals surface area contributed by atoms with Crippen LogP contribution in [-0.2, 0) is 14.3 Å². The van der Waals surface area contributed by atoms with Crippen LogP contribution >= 0.6 is 47.5 Å². The maximum atomic E-state index is 12.9. The Labute approximate surface area is 201 Å². The maximum Gasteiger partial charge on any atom is 0.326 e. The van der Waals surface area contributed by atoms with Gasteiger partial charge >= 0.3 is 5.97 Å². The lowest BCUT2D eigenvalue weighted by molar-refractivity contribution is -0.145. The van der Waals surface area contributed by atoms with Crippen molar-refractivity contribution in [1.82, 2.24) is 4.90 Å². The molecule has 5 nitrogen and oxygen atoms in total. The SMILES string of the molecule is CCOC(=O)CN1C(=O)/C(=C(/C=C/C=C2\Sc3ccccc3N2CC)SCC)SC1=S. The second-order valence-electron chi connectivity index (χ2n) is 6.37. The van der Waals surface area contributed by atoms with E-state index in [1.807, 2.05) is 25.1 Å². The van der Waals surface area contributed by atoms with E-state index in [2.05, 4.69) is 36.1 Å². The number of carbonyl (C=O) groups is 2. The second-order valence-corrected chi connectivity index (χ2v) is 10.4. The van der Waals surface area contributed by atoms with E-state index in [1.165, 1.54) is 27.2 Å². The number of fused-ring (bicyclic) bond motifs is 1. The van der Waals surface area contributed by atoms with Crippen molar-refractivity contribution in [3.8, 4) is 0 Å². The minimum absolute atomic E-state index is 0.153. The number of anilines is 1. The molecule has 2 aliphatic rings. The van der Waals surface area contributed by atoms with Gasteiger partial charge in [0.2, 0.25) is 0 Å². The molecule has 1 amide bonds. The molecule has 9 heteroatoms. The first kappa shape index (κ1) is 24.0. The predicted octanol–water partition coefficient (Wildman–Crippen LogP) is 5.40. The molecule has 31 heavy (non-hydrogen) atoms. The molecule has 0 N–H and O–H groups in total. The van der Waals surface area contributed by atoms with Crippen LogP contribution in [0.5, 0.6) is 0 Å². The van der Waals surface area contributed by atoms with Crippen LogP contribution < -0.4 is 4.90 Å². The number of hydrogen-bond acceptors (Lipinski definition) is 8. The van der Waals surface area contributed by atoms with Crippen LogP contribution in [0.15, 0.2) is 62.2 Å². The van der Waals surface area contributed by atoms with Gasteiger partial charge in [0.25, 0.3) is 5.91 Å². The molecule has 0 spiro atoms. The molecule has 0 aliphatic carbocycles. The smallest absolute Gasteiger partial charge is 0.326 e. The molecule has 3 rings (SSSR count). The van der Waals surface area contributed by atoms with E-state index in [1.54, 1.807) is 30.4 Å². The van der Waals surface area contributed by atoms with Crippen LogP contribution in [0.1, 0.15) is 20.8 Å². The Bertz CT molecular complexity index is 971. The quantitative estimate of drug-likeness (QED) is 0.271. The second kappa shape index (κ2) is 11.3. The number of para-hydroxylation sites is 1. The highest BCUT2D eigenvalue weighted by Crippen LogP contribution is 2.45. The summed E-state index contributed by atoms with van der Waals surface area (Å²) in [5.74, 6) is 0.121. The van der Waals surface area contributed by atoms with Gasteiger partial charge in [-0.25, -0.2) is 0 Å². The molecule has 0 saturated carbocycles. The third kappa shape index (κ3) is 5.58. The molecule has 164 valence electrons. The average molecular weight is 493 g/mol. The van der Waals surface area contributed by atoms with Crippen molar-refractivity contribution in [3.05, 3.63) is 57.3 Å². The van der Waals surface area contributed by atoms with Crippen LogP contribution in [0.25, 0.3) is 0 Å². The zero-order valence-electron chi connectivity index (χ0n) is 17.6. The summed E-state index contributed by atoms with van der Waals surface area (Å²) in [7, 11) is 0. The van der Waals surface area contributed by atoms with Crippen LogP contribution in [0.4, 0.5) is 5.69 Å². The topological polar surface area (TPSA) is 49.9 Å². The minimum Gasteiger partial charge on any atom is -0.465 e. The van der Waals surface area contributed by atoms with Gasteiger partial charge in [0.05, 0.1) is 22.2 Å². The molecule has 2 aliphatic heterocycles. The van der Waals surface area contributed by atoms with E-state index in [-0.39, 0.29) is 19.1 Å². The highest BCUT2D eigenvalue weighted by Gasteiger charge is 2.35. The Kier molecular flexibility index (Phi) is 8.71. The summed E-state index contributed by atoms with van der Waals surface area (Å²) in [6.45, 7) is 6.91. The maximum absolute atomic E-state index is 12.9. The van der Waals surface area contributed by atoms with E-state index < -0.39 is 5.97 Å². The standard InChI is InChI=1S/C22H24N2O3S4/c1-4-23-15-10-7-8-11-16(15)30-18(23)13-9-12-17(29-6-3)20-21(26)24(22(28)31-20)14-19(25)27-5-2/h7-13H,4-6,14H2,1-3H3/b12-9+,18-13-,20-17+. The monoisotopic (exact) mass is 492 g/mol. The molecule has 1 fully saturated rings. The van der Waals surface area contributed by atoms with Crippen molar-refractivity contribution in [3.63, 3.8) is 0 Å². The third-order valence-corrected chi connectivity index (χ3v) is 8.07. The summed E-state index contributed by atoms with van der Waals surface area (Å²) >= 11 is 9.91. The Morgan fingerprint density at radius 1 is 1.19 bits per heavy atom. The number of esters is 1. The molecule has 2 heterocycles. The fraction of sp³-hybridized carbons (Fsp3) is 0.318. The Hall–Kier alpha value is -1.68. The first-order chi connectivity index (χ1) is 15.0. The number of amides is 1. The van der Waals surface area contributed by atoms with Gasteiger partial charge in [0, 0.05) is 16.3 Å². The predicted molar refractivity (Wildman–Crippen MR) is 136 cm³/mol. The van der Waals surface area contributed by atoms with E-state index in [9.17, 15) is 9.59 Å². The van der Waals surface area contributed by atoms with Crippen molar-refractivity contribution in [2.24, 2.45) is 0 Å². The summed E-state index contributed by atoms with van der Waals surface area (Å²) in [5, 5.41) is 1.15. The summed E-state index contributed by atoms with van der Waals surface area (Å²) in [6, 6.07) is 8.35. The number of ether oxygens (including phenoxy) is 1. The highest BCUT2D eigenvalue weighted by molar-refractivity contribution is 8.27. The molecule has 0 bridgehead atoms. The van der Waals surface area contributed by atoms with E-state index >= 15 is 0 Å². The fourth-order valence-electron chi connectivity index (χ4n) is 3.09. The van der Waals surface area contributed by atoms with Crippen LogP contribution in [0, 0.1) is 0 Å². The van der Waals surface area contributed by atoms with Crippen molar-refractivity contribution < 1.29 is 14.3 Å². The molecule has 1 aromatic carbocycles. The number of rotatable bonds is 8. The number of allylic oxidation sites excluding steroid dienone is 3. The normalized spacial score (nSPS) is 19.0. The van der Waals surface area contributed by atoms with Gasteiger partial charge in [-0.3, -0.25) is 14.5 Å². The van der Waals surface area contributed by atoms with Gasteiger partial charge in [-0.2, -0.15) is 0 Å². The first-order valence-electron chi connectivity index (χ1n) is 9.99. The molecule has 1 saturated heterocycles. The lowest BCUT2D eigenvalue weighted by Gasteiger charge is -2.17. The summed E-state index contributed by atoms with van der Waals surface area (Å²) in [6.07, 6.45) is 6.01. The molecule has 0 unspecified atom stereocenters. The van der Waals surface area contributed by atoms with Gasteiger partial charge < -0.3 is 9.64 Å². The Morgan fingerprint density at radius 2 is 1.97 bits per heavy atom. The zero-order chi connectivity index (χ0) is 22.4. The fourth-order valence-corrected chi connectivity index (χ4v) is 6.43. The molecule has 0 aromatic heterocycles. The van der Waals surface area contributed by atoms with E-state index in [0.717, 1.165) is 22.2 Å². The lowest BCUT2D eigenvalue weighted by Crippen LogP contribution is -2.34. The first-order valence-corrected chi connectivity index (χ1v) is 13.0. The van der Waals surface area contributed by atoms with Crippen LogP contribution in [0.2, 0.25) is 0 Å². The van der Waals surface area contributed by atoms with Gasteiger partial charge in [-0.05, 0) is 43.9 Å². The Morgan fingerprint density at radius 3 is 2.68 bits per heavy atom.